The predicted octanol–water partition coefficient (Wildman–Crippen LogP) is 7.61. The molecule has 1 aromatic carbocycles. The normalized spacial score (nSPS) is 12.8. The number of carbonyl (C=O) groups is 2. The minimum Gasteiger partial charge on any atom is -0.457 e. The van der Waals surface area contributed by atoms with E-state index in [9.17, 15) is 23.9 Å². The van der Waals surface area contributed by atoms with Crippen LogP contribution in [0.25, 0.3) is 0 Å². The molecule has 0 aliphatic heterocycles. The summed E-state index contributed by atoms with van der Waals surface area (Å²) in [7, 11) is 0.645. The molecule has 0 saturated heterocycles. The molecule has 10 heteroatoms. The van der Waals surface area contributed by atoms with E-state index >= 15 is 0 Å². The molecule has 0 heterocycles. The number of phosphoric ester groups is 1. The van der Waals surface area contributed by atoms with E-state index in [0.29, 0.717) is 16.6 Å². The summed E-state index contributed by atoms with van der Waals surface area (Å²) in [5, 5.41) is 2.84. The number of nitrogens with one attached hydrogen (secondary N) is 1. The molecule has 0 aliphatic carbocycles. The van der Waals surface area contributed by atoms with Gasteiger partial charge in [0.25, 0.3) is 6.29 Å². The summed E-state index contributed by atoms with van der Waals surface area (Å²) in [6.45, 7) is 3.74. The van der Waals surface area contributed by atoms with E-state index in [2.05, 4.69) is 12.2 Å². The van der Waals surface area contributed by atoms with Crippen molar-refractivity contribution < 1.29 is 37.7 Å². The Bertz CT molecular complexity index is 943. The number of quaternary nitrogens is 1. The number of ether oxygens (including phenoxy) is 1. The molecule has 1 atom stereocenters. The Balaban J connectivity index is 2.37. The summed E-state index contributed by atoms with van der Waals surface area (Å²) in [5.74, 6) is -0.292. The van der Waals surface area contributed by atoms with E-state index in [-0.39, 0.29) is 29.5 Å². The van der Waals surface area contributed by atoms with Gasteiger partial charge in [0, 0.05) is 12.1 Å². The molecule has 236 valence electrons. The number of carbonyl (C=O) groups excluding carboxylic acids is 2. The van der Waals surface area contributed by atoms with Gasteiger partial charge in [-0.3, -0.25) is 9.59 Å². The predicted molar refractivity (Wildman–Crippen MR) is 165 cm³/mol. The highest BCUT2D eigenvalue weighted by molar-refractivity contribution is 7.46. The Hall–Kier alpha value is -1.77. The molecule has 0 aliphatic rings. The molecule has 1 unspecified atom stereocenters. The van der Waals surface area contributed by atoms with Crippen LogP contribution in [-0.4, -0.2) is 59.9 Å². The van der Waals surface area contributed by atoms with Gasteiger partial charge in [-0.2, -0.15) is 0 Å². The van der Waals surface area contributed by atoms with Crippen molar-refractivity contribution >= 4 is 25.2 Å². The summed E-state index contributed by atoms with van der Waals surface area (Å²) in [6, 6.07) is 4.63. The van der Waals surface area contributed by atoms with Crippen molar-refractivity contribution in [1.82, 2.24) is 0 Å². The number of likely N-dealkylation sites (N-methyl/N-ethyl adjacent to an activating group) is 1. The molecule has 9 nitrogen and oxygen atoms in total. The number of phosphoric acid groups is 1. The van der Waals surface area contributed by atoms with Gasteiger partial charge in [0.1, 0.15) is 12.3 Å². The lowest BCUT2D eigenvalue weighted by atomic mass is 10.0. The van der Waals surface area contributed by atoms with E-state index in [1.54, 1.807) is 6.07 Å². The van der Waals surface area contributed by atoms with Gasteiger partial charge in [-0.25, -0.2) is 9.09 Å². The first-order chi connectivity index (χ1) is 19.3. The highest BCUT2D eigenvalue weighted by Gasteiger charge is 2.30. The second-order valence-electron chi connectivity index (χ2n) is 12.1. The molecule has 3 N–H and O–H groups in total. The number of rotatable bonds is 24. The second kappa shape index (κ2) is 20.2. The lowest BCUT2D eigenvalue weighted by Gasteiger charge is -2.29. The van der Waals surface area contributed by atoms with Crippen molar-refractivity contribution in [1.29, 1.82) is 0 Å². The average molecular weight is 600 g/mol. The van der Waals surface area contributed by atoms with Crippen molar-refractivity contribution in [3.63, 3.8) is 0 Å². The first kappa shape index (κ1) is 37.3. The molecule has 1 aromatic rings. The molecular formula is C31H56N2O7P+. The molecule has 0 spiro atoms. The third-order valence-corrected chi connectivity index (χ3v) is 7.37. The van der Waals surface area contributed by atoms with E-state index in [0.717, 1.165) is 19.3 Å². The zero-order chi connectivity index (χ0) is 30.7. The Morgan fingerprint density at radius 3 is 1.78 bits per heavy atom. The van der Waals surface area contributed by atoms with E-state index in [4.69, 9.17) is 9.26 Å². The van der Waals surface area contributed by atoms with Gasteiger partial charge in [-0.1, -0.05) is 96.8 Å². The molecule has 0 fully saturated rings. The number of nitrogens with zero attached hydrogens (tertiary/aromatic N) is 1. The monoisotopic (exact) mass is 599 g/mol. The second-order valence-corrected chi connectivity index (χ2v) is 13.3. The van der Waals surface area contributed by atoms with Crippen molar-refractivity contribution in [2.45, 2.75) is 123 Å². The van der Waals surface area contributed by atoms with Crippen LogP contribution in [0.15, 0.2) is 18.2 Å². The third-order valence-electron chi connectivity index (χ3n) is 6.86. The standard InChI is InChI=1S/C31H55N2O7P/c1-6-7-8-9-10-11-12-13-14-15-16-17-18-19-20-21-30(35)32-27-22-23-29(28(24-27)26(2)34)39-31(25-33(3,4)5)40-41(36,37)38/h22-24,31H,6-21,25H2,1-5H3,(H2-,32,35,36,37,38)/p+1. The number of anilines is 1. The fraction of sp³-hybridized carbons (Fsp3) is 0.742. The SMILES string of the molecule is CCCCCCCCCCCCCCCCCC(=O)Nc1ccc(OC(C[N+](C)(C)C)OP(=O)(O)O)c(C(C)=O)c1. The van der Waals surface area contributed by atoms with E-state index < -0.39 is 14.1 Å². The first-order valence-corrected chi connectivity index (χ1v) is 17.0. The smallest absolute Gasteiger partial charge is 0.457 e. The van der Waals surface area contributed by atoms with Crippen molar-refractivity contribution in [2.75, 3.05) is 33.0 Å². The van der Waals surface area contributed by atoms with Crippen molar-refractivity contribution in [3.8, 4) is 5.75 Å². The maximum absolute atomic E-state index is 12.5. The molecule has 0 bridgehead atoms. The lowest BCUT2D eigenvalue weighted by Crippen LogP contribution is -2.44. The number of hydrogen-bond acceptors (Lipinski definition) is 5. The first-order valence-electron chi connectivity index (χ1n) is 15.5. The van der Waals surface area contributed by atoms with Crippen LogP contribution in [0, 0.1) is 0 Å². The van der Waals surface area contributed by atoms with Crippen LogP contribution in [0.2, 0.25) is 0 Å². The van der Waals surface area contributed by atoms with Gasteiger partial charge in [0.2, 0.25) is 5.91 Å². The van der Waals surface area contributed by atoms with Gasteiger partial charge < -0.3 is 24.3 Å². The maximum Gasteiger partial charge on any atom is 0.472 e. The molecule has 1 rings (SSSR count). The molecule has 0 aromatic heterocycles. The summed E-state index contributed by atoms with van der Waals surface area (Å²) in [5.41, 5.74) is 0.656. The zero-order valence-corrected chi connectivity index (χ0v) is 27.1. The van der Waals surface area contributed by atoms with Crippen LogP contribution in [0.1, 0.15) is 127 Å². The summed E-state index contributed by atoms with van der Waals surface area (Å²) >= 11 is 0. The van der Waals surface area contributed by atoms with Gasteiger partial charge in [-0.05, 0) is 31.5 Å². The molecule has 0 saturated carbocycles. The Morgan fingerprint density at radius 2 is 1.34 bits per heavy atom. The average Bonchev–Trinajstić information content (AvgIpc) is 2.85. The van der Waals surface area contributed by atoms with Gasteiger partial charge in [0.15, 0.2) is 5.78 Å². The maximum atomic E-state index is 12.5. The zero-order valence-electron chi connectivity index (χ0n) is 26.2. The largest absolute Gasteiger partial charge is 0.472 e. The fourth-order valence-corrected chi connectivity index (χ4v) is 5.12. The quantitative estimate of drug-likeness (QED) is 0.0367. The molecular weight excluding hydrogens is 543 g/mol. The number of benzene rings is 1. The van der Waals surface area contributed by atoms with E-state index in [1.165, 1.54) is 96.1 Å². The lowest BCUT2D eigenvalue weighted by molar-refractivity contribution is -0.875. The van der Waals surface area contributed by atoms with Crippen molar-refractivity contribution in [2.24, 2.45) is 0 Å². The fourth-order valence-electron chi connectivity index (χ4n) is 4.70. The van der Waals surface area contributed by atoms with Crippen LogP contribution in [0.3, 0.4) is 0 Å². The summed E-state index contributed by atoms with van der Waals surface area (Å²) < 4.78 is 22.3. The highest BCUT2D eigenvalue weighted by Crippen LogP contribution is 2.39. The number of unbranched alkanes of at least 4 members (excludes halogenated alkanes) is 14. The van der Waals surface area contributed by atoms with Gasteiger partial charge in [-0.15, -0.1) is 0 Å². The number of Topliss-reactive ketones (excluding diaryl/α,β-unsaturated/α-hetero) is 1. The van der Waals surface area contributed by atoms with Crippen molar-refractivity contribution in [3.05, 3.63) is 23.8 Å². The number of ketones is 1. The van der Waals surface area contributed by atoms with Crippen LogP contribution < -0.4 is 10.1 Å². The Kier molecular flexibility index (Phi) is 18.3. The van der Waals surface area contributed by atoms with Gasteiger partial charge in [0.05, 0.1) is 26.7 Å². The minimum absolute atomic E-state index is 0.115. The highest BCUT2D eigenvalue weighted by atomic mass is 31.2. The minimum atomic E-state index is -4.82. The van der Waals surface area contributed by atoms with E-state index in [1.807, 2.05) is 21.1 Å². The van der Waals surface area contributed by atoms with Crippen LogP contribution in [0.4, 0.5) is 5.69 Å². The van der Waals surface area contributed by atoms with Crippen LogP contribution >= 0.6 is 7.82 Å². The molecule has 0 radical (unpaired) electrons. The topological polar surface area (TPSA) is 122 Å². The molecule has 41 heavy (non-hydrogen) atoms. The number of amides is 1. The van der Waals surface area contributed by atoms with Crippen LogP contribution in [-0.2, 0) is 13.9 Å². The van der Waals surface area contributed by atoms with Gasteiger partial charge >= 0.3 is 7.82 Å². The summed E-state index contributed by atoms with van der Waals surface area (Å²) in [4.78, 5) is 43.3. The molecule has 1 amide bonds. The Labute approximate surface area is 248 Å². The number of hydrogen-bond donors (Lipinski definition) is 3. The summed E-state index contributed by atoms with van der Waals surface area (Å²) in [6.07, 6.45) is 18.2. The third kappa shape index (κ3) is 19.9. The van der Waals surface area contributed by atoms with Crippen LogP contribution in [0.5, 0.6) is 5.75 Å². The Morgan fingerprint density at radius 1 is 0.854 bits per heavy atom.